The third-order valence-electron chi connectivity index (χ3n) is 3.34. The van der Waals surface area contributed by atoms with Crippen molar-refractivity contribution in [1.29, 1.82) is 0 Å². The summed E-state index contributed by atoms with van der Waals surface area (Å²) in [5.41, 5.74) is 8.53. The molecule has 20 heavy (non-hydrogen) atoms. The molecule has 0 aliphatic carbocycles. The molecule has 2 atom stereocenters. The van der Waals surface area contributed by atoms with E-state index in [4.69, 9.17) is 17.3 Å². The Morgan fingerprint density at radius 2 is 1.95 bits per heavy atom. The number of halogens is 1. The maximum atomic E-state index is 6.17. The van der Waals surface area contributed by atoms with E-state index < -0.39 is 0 Å². The predicted molar refractivity (Wildman–Crippen MR) is 83.5 cm³/mol. The molecule has 0 aliphatic heterocycles. The van der Waals surface area contributed by atoms with Gasteiger partial charge >= 0.3 is 0 Å². The molecule has 0 saturated carbocycles. The molecule has 0 radical (unpaired) electrons. The van der Waals surface area contributed by atoms with Gasteiger partial charge in [-0.15, -0.1) is 0 Å². The lowest BCUT2D eigenvalue weighted by Gasteiger charge is -2.31. The molecule has 0 fully saturated rings. The van der Waals surface area contributed by atoms with Crippen LogP contribution in [0.15, 0.2) is 48.8 Å². The molecule has 0 amide bonds. The molecule has 1 heterocycles. The van der Waals surface area contributed by atoms with E-state index in [1.165, 1.54) is 11.1 Å². The monoisotopic (exact) mass is 289 g/mol. The number of hydrogen-bond acceptors (Lipinski definition) is 3. The topological polar surface area (TPSA) is 42.1 Å². The lowest BCUT2D eigenvalue weighted by molar-refractivity contribution is 0.211. The molecule has 1 aromatic carbocycles. The highest BCUT2D eigenvalue weighted by molar-refractivity contribution is 6.30. The van der Waals surface area contributed by atoms with Crippen molar-refractivity contribution in [2.24, 2.45) is 5.73 Å². The van der Waals surface area contributed by atoms with Crippen LogP contribution in [0.5, 0.6) is 0 Å². The molecule has 1 aromatic heterocycles. The Kier molecular flexibility index (Phi) is 5.12. The van der Waals surface area contributed by atoms with Crippen molar-refractivity contribution in [3.63, 3.8) is 0 Å². The summed E-state index contributed by atoms with van der Waals surface area (Å²) in [5.74, 6) is 0. The molecular formula is C16H20ClN3. The van der Waals surface area contributed by atoms with Crippen LogP contribution in [0.3, 0.4) is 0 Å². The smallest absolute Gasteiger partial charge is 0.0498 e. The molecular weight excluding hydrogens is 270 g/mol. The van der Waals surface area contributed by atoms with Gasteiger partial charge in [0.15, 0.2) is 0 Å². The van der Waals surface area contributed by atoms with Crippen LogP contribution in [0.2, 0.25) is 5.02 Å². The zero-order valence-electron chi connectivity index (χ0n) is 11.8. The lowest BCUT2D eigenvalue weighted by Crippen LogP contribution is -2.36. The quantitative estimate of drug-likeness (QED) is 0.919. The number of aromatic nitrogens is 1. The average Bonchev–Trinajstić information content (AvgIpc) is 2.39. The molecule has 0 saturated heterocycles. The molecule has 4 heteroatoms. The summed E-state index contributed by atoms with van der Waals surface area (Å²) >= 11 is 6.04. The standard InChI is InChI=1S/C16H20ClN3/c1-12(18)16(14-6-8-19-9-7-14)20(2)11-13-4-3-5-15(17)10-13/h3-10,12,16H,11,18H2,1-2H3. The molecule has 0 spiro atoms. The van der Waals surface area contributed by atoms with E-state index in [2.05, 4.69) is 23.0 Å². The Morgan fingerprint density at radius 1 is 1.25 bits per heavy atom. The van der Waals surface area contributed by atoms with Crippen LogP contribution in [0.1, 0.15) is 24.1 Å². The second kappa shape index (κ2) is 6.84. The second-order valence-corrected chi connectivity index (χ2v) is 5.57. The van der Waals surface area contributed by atoms with Gasteiger partial charge in [-0.2, -0.15) is 0 Å². The maximum absolute atomic E-state index is 6.17. The van der Waals surface area contributed by atoms with Crippen molar-refractivity contribution < 1.29 is 0 Å². The zero-order valence-corrected chi connectivity index (χ0v) is 12.6. The minimum atomic E-state index is 0.0292. The molecule has 2 N–H and O–H groups in total. The number of hydrogen-bond donors (Lipinski definition) is 1. The third kappa shape index (κ3) is 3.79. The molecule has 106 valence electrons. The Hall–Kier alpha value is -1.42. The number of benzene rings is 1. The van der Waals surface area contributed by atoms with E-state index in [1.807, 2.05) is 37.3 Å². The van der Waals surface area contributed by atoms with Crippen LogP contribution in [-0.4, -0.2) is 23.0 Å². The number of pyridine rings is 1. The Balaban J connectivity index is 2.18. The molecule has 3 nitrogen and oxygen atoms in total. The van der Waals surface area contributed by atoms with Crippen molar-refractivity contribution in [3.8, 4) is 0 Å². The highest BCUT2D eigenvalue weighted by Crippen LogP contribution is 2.24. The fraction of sp³-hybridized carbons (Fsp3) is 0.312. The Labute approximate surface area is 125 Å². The number of nitrogens with two attached hydrogens (primary N) is 1. The van der Waals surface area contributed by atoms with Crippen molar-refractivity contribution in [3.05, 3.63) is 64.9 Å². The van der Waals surface area contributed by atoms with Crippen LogP contribution in [-0.2, 0) is 6.54 Å². The van der Waals surface area contributed by atoms with Gasteiger partial charge in [-0.1, -0.05) is 23.7 Å². The molecule has 2 aromatic rings. The number of rotatable bonds is 5. The summed E-state index contributed by atoms with van der Waals surface area (Å²) in [6.45, 7) is 2.83. The first-order chi connectivity index (χ1) is 9.58. The predicted octanol–water partition coefficient (Wildman–Crippen LogP) is 3.26. The van der Waals surface area contributed by atoms with E-state index in [9.17, 15) is 0 Å². The van der Waals surface area contributed by atoms with Gasteiger partial charge in [0.25, 0.3) is 0 Å². The van der Waals surface area contributed by atoms with Crippen LogP contribution in [0.25, 0.3) is 0 Å². The SMILES string of the molecule is CC(N)C(c1ccncc1)N(C)Cc1cccc(Cl)c1. The average molecular weight is 290 g/mol. The third-order valence-corrected chi connectivity index (χ3v) is 3.58. The van der Waals surface area contributed by atoms with Gasteiger partial charge in [-0.3, -0.25) is 9.88 Å². The van der Waals surface area contributed by atoms with Gasteiger partial charge in [-0.25, -0.2) is 0 Å². The van der Waals surface area contributed by atoms with Gasteiger partial charge in [-0.05, 0) is 49.4 Å². The summed E-state index contributed by atoms with van der Waals surface area (Å²) in [7, 11) is 2.08. The van der Waals surface area contributed by atoms with Crippen LogP contribution >= 0.6 is 11.6 Å². The van der Waals surface area contributed by atoms with E-state index in [0.29, 0.717) is 0 Å². The lowest BCUT2D eigenvalue weighted by atomic mass is 10.00. The van der Waals surface area contributed by atoms with Gasteiger partial charge < -0.3 is 5.73 Å². The highest BCUT2D eigenvalue weighted by Gasteiger charge is 2.21. The molecule has 2 rings (SSSR count). The fourth-order valence-corrected chi connectivity index (χ4v) is 2.75. The first kappa shape index (κ1) is 15.0. The van der Waals surface area contributed by atoms with Crippen LogP contribution in [0, 0.1) is 0 Å². The van der Waals surface area contributed by atoms with Crippen LogP contribution in [0.4, 0.5) is 0 Å². The largest absolute Gasteiger partial charge is 0.326 e. The fourth-order valence-electron chi connectivity index (χ4n) is 2.54. The van der Waals surface area contributed by atoms with Gasteiger partial charge in [0.2, 0.25) is 0 Å². The summed E-state index contributed by atoms with van der Waals surface area (Å²) in [6.07, 6.45) is 3.61. The minimum absolute atomic E-state index is 0.0292. The van der Waals surface area contributed by atoms with Gasteiger partial charge in [0, 0.05) is 36.0 Å². The number of likely N-dealkylation sites (N-methyl/N-ethyl adjacent to an activating group) is 1. The van der Waals surface area contributed by atoms with Crippen molar-refractivity contribution in [2.45, 2.75) is 25.6 Å². The first-order valence-electron chi connectivity index (χ1n) is 6.68. The van der Waals surface area contributed by atoms with Crippen molar-refractivity contribution in [1.82, 2.24) is 9.88 Å². The molecule has 2 unspecified atom stereocenters. The van der Waals surface area contributed by atoms with Crippen LogP contribution < -0.4 is 5.73 Å². The highest BCUT2D eigenvalue weighted by atomic mass is 35.5. The summed E-state index contributed by atoms with van der Waals surface area (Å²) in [6, 6.07) is 12.1. The maximum Gasteiger partial charge on any atom is 0.0498 e. The Morgan fingerprint density at radius 3 is 2.55 bits per heavy atom. The van der Waals surface area contributed by atoms with Crippen molar-refractivity contribution in [2.75, 3.05) is 7.05 Å². The van der Waals surface area contributed by atoms with Crippen molar-refractivity contribution >= 4 is 11.6 Å². The van der Waals surface area contributed by atoms with E-state index >= 15 is 0 Å². The normalized spacial score (nSPS) is 14.2. The summed E-state index contributed by atoms with van der Waals surface area (Å²) in [5, 5.41) is 0.761. The van der Waals surface area contributed by atoms with E-state index in [0.717, 1.165) is 11.6 Å². The molecule has 0 bridgehead atoms. The van der Waals surface area contributed by atoms with E-state index in [-0.39, 0.29) is 12.1 Å². The first-order valence-corrected chi connectivity index (χ1v) is 7.06. The second-order valence-electron chi connectivity index (χ2n) is 5.13. The summed E-state index contributed by atoms with van der Waals surface area (Å²) in [4.78, 5) is 6.31. The van der Waals surface area contributed by atoms with E-state index in [1.54, 1.807) is 12.4 Å². The number of nitrogens with zero attached hydrogens (tertiary/aromatic N) is 2. The molecule has 0 aliphatic rings. The van der Waals surface area contributed by atoms with Gasteiger partial charge in [0.1, 0.15) is 0 Å². The minimum Gasteiger partial charge on any atom is -0.326 e. The van der Waals surface area contributed by atoms with Gasteiger partial charge in [0.05, 0.1) is 0 Å². The summed E-state index contributed by atoms with van der Waals surface area (Å²) < 4.78 is 0. The Bertz CT molecular complexity index is 542. The zero-order chi connectivity index (χ0) is 14.5.